The van der Waals surface area contributed by atoms with Gasteiger partial charge in [0, 0.05) is 46.3 Å². The van der Waals surface area contributed by atoms with Crippen LogP contribution >= 0.6 is 15.9 Å². The van der Waals surface area contributed by atoms with Crippen molar-refractivity contribution >= 4 is 39.1 Å². The molecule has 0 N–H and O–H groups in total. The van der Waals surface area contributed by atoms with Crippen LogP contribution in [0.25, 0.3) is 5.69 Å². The predicted octanol–water partition coefficient (Wildman–Crippen LogP) is 6.04. The van der Waals surface area contributed by atoms with E-state index in [1.54, 1.807) is 12.1 Å². The van der Waals surface area contributed by atoms with Crippen molar-refractivity contribution in [1.29, 1.82) is 0 Å². The van der Waals surface area contributed by atoms with E-state index in [1.807, 2.05) is 47.6 Å². The first kappa shape index (κ1) is 25.6. The second kappa shape index (κ2) is 10.7. The van der Waals surface area contributed by atoms with Crippen LogP contribution in [0.3, 0.4) is 0 Å². The van der Waals surface area contributed by atoms with Crippen LogP contribution in [0.4, 0.5) is 11.4 Å². The van der Waals surface area contributed by atoms with Crippen molar-refractivity contribution in [2.45, 2.75) is 33.6 Å². The molecule has 2 heterocycles. The van der Waals surface area contributed by atoms with Gasteiger partial charge in [0.2, 0.25) is 5.78 Å². The monoisotopic (exact) mass is 553 g/mol. The van der Waals surface area contributed by atoms with Gasteiger partial charge in [-0.1, -0.05) is 22.9 Å². The number of hydrogen-bond donors (Lipinski definition) is 0. The molecule has 8 nitrogen and oxygen atoms in total. The summed E-state index contributed by atoms with van der Waals surface area (Å²) in [5.41, 5.74) is 3.41. The van der Waals surface area contributed by atoms with E-state index in [1.165, 1.54) is 12.1 Å². The van der Waals surface area contributed by atoms with Gasteiger partial charge in [-0.3, -0.25) is 14.9 Å². The van der Waals surface area contributed by atoms with Crippen LogP contribution in [-0.2, 0) is 4.74 Å². The summed E-state index contributed by atoms with van der Waals surface area (Å²) in [7, 11) is 0. The summed E-state index contributed by atoms with van der Waals surface area (Å²) in [6.07, 6.45) is 2.06. The summed E-state index contributed by atoms with van der Waals surface area (Å²) in [5, 5.41) is 11.7. The Morgan fingerprint density at radius 2 is 1.86 bits per heavy atom. The number of halogens is 1. The Hall–Kier alpha value is -3.46. The molecule has 1 aliphatic heterocycles. The molecule has 0 bridgehead atoms. The lowest BCUT2D eigenvalue weighted by Crippen LogP contribution is -2.34. The molecule has 188 valence electrons. The van der Waals surface area contributed by atoms with Crippen molar-refractivity contribution in [3.63, 3.8) is 0 Å². The van der Waals surface area contributed by atoms with E-state index in [2.05, 4.69) is 22.9 Å². The number of carbonyl (C=O) groups excluding carboxylic acids is 2. The number of anilines is 1. The number of nitro groups is 1. The number of aryl methyl sites for hydroxylation is 1. The average molecular weight is 554 g/mol. The van der Waals surface area contributed by atoms with Crippen molar-refractivity contribution in [3.05, 3.63) is 85.6 Å². The maximum Gasteiger partial charge on any atom is 0.338 e. The lowest BCUT2D eigenvalue weighted by molar-refractivity contribution is -0.384. The van der Waals surface area contributed by atoms with E-state index in [9.17, 15) is 19.7 Å². The fraction of sp³-hybridized carbons (Fsp3) is 0.333. The third kappa shape index (κ3) is 5.36. The zero-order valence-electron chi connectivity index (χ0n) is 20.5. The number of rotatable bonds is 7. The Bertz CT molecular complexity index is 1320. The minimum Gasteiger partial charge on any atom is -0.454 e. The number of nitro benzene ring substituents is 1. The van der Waals surface area contributed by atoms with E-state index in [4.69, 9.17) is 4.74 Å². The van der Waals surface area contributed by atoms with E-state index < -0.39 is 17.5 Å². The van der Waals surface area contributed by atoms with Gasteiger partial charge in [0.05, 0.1) is 10.5 Å². The Labute approximate surface area is 218 Å². The first-order valence-electron chi connectivity index (χ1n) is 11.8. The Balaban J connectivity index is 1.48. The fourth-order valence-electron chi connectivity index (χ4n) is 4.80. The van der Waals surface area contributed by atoms with Gasteiger partial charge in [-0.05, 0) is 75.1 Å². The maximum atomic E-state index is 12.9. The number of carbonyl (C=O) groups is 2. The first-order valence-corrected chi connectivity index (χ1v) is 12.6. The molecule has 1 atom stereocenters. The molecule has 1 aromatic heterocycles. The maximum absolute atomic E-state index is 12.9. The van der Waals surface area contributed by atoms with Gasteiger partial charge >= 0.3 is 5.97 Å². The Morgan fingerprint density at radius 3 is 2.53 bits per heavy atom. The smallest absolute Gasteiger partial charge is 0.338 e. The minimum atomic E-state index is -0.772. The summed E-state index contributed by atoms with van der Waals surface area (Å²) >= 11 is 3.42. The highest BCUT2D eigenvalue weighted by Gasteiger charge is 2.26. The van der Waals surface area contributed by atoms with Crippen LogP contribution in [0.1, 0.15) is 51.9 Å². The summed E-state index contributed by atoms with van der Waals surface area (Å²) in [5.74, 6) is -0.667. The molecule has 2 aromatic carbocycles. The molecule has 0 spiro atoms. The number of Topliss-reactive ketones (excluding diaryl/α,β-unsaturated/α-hetero) is 1. The van der Waals surface area contributed by atoms with Crippen LogP contribution in [0.2, 0.25) is 0 Å². The molecule has 9 heteroatoms. The number of piperidine rings is 1. The van der Waals surface area contributed by atoms with Crippen LogP contribution in [0, 0.1) is 29.9 Å². The number of ether oxygens (including phenoxy) is 1. The molecule has 36 heavy (non-hydrogen) atoms. The second-order valence-corrected chi connectivity index (χ2v) is 10.2. The molecule has 1 fully saturated rings. The van der Waals surface area contributed by atoms with Gasteiger partial charge in [-0.15, -0.1) is 0 Å². The first-order chi connectivity index (χ1) is 17.2. The van der Waals surface area contributed by atoms with Gasteiger partial charge in [0.1, 0.15) is 5.69 Å². The van der Waals surface area contributed by atoms with Gasteiger partial charge in [-0.25, -0.2) is 4.79 Å². The Morgan fingerprint density at radius 1 is 1.14 bits per heavy atom. The standard InChI is InChI=1S/C27H28BrN3O5/c1-17-5-4-12-29(15-17)24-11-6-20(14-25(24)31(34)35)27(33)36-16-26(32)23-13-18(2)30(19(23)3)22-9-7-21(28)8-10-22/h6-11,13-14,17H,4-5,12,15-16H2,1-3H3/t17-/m1/s1. The van der Waals surface area contributed by atoms with Crippen molar-refractivity contribution in [2.24, 2.45) is 5.92 Å². The van der Waals surface area contributed by atoms with Crippen molar-refractivity contribution in [2.75, 3.05) is 24.6 Å². The lowest BCUT2D eigenvalue weighted by atomic mass is 9.99. The van der Waals surface area contributed by atoms with E-state index >= 15 is 0 Å². The largest absolute Gasteiger partial charge is 0.454 e. The molecular formula is C27H28BrN3O5. The zero-order valence-corrected chi connectivity index (χ0v) is 22.1. The fourth-order valence-corrected chi connectivity index (χ4v) is 5.06. The van der Waals surface area contributed by atoms with Crippen LogP contribution in [0.5, 0.6) is 0 Å². The van der Waals surface area contributed by atoms with E-state index in [-0.39, 0.29) is 17.0 Å². The molecule has 0 amide bonds. The number of esters is 1. The van der Waals surface area contributed by atoms with E-state index in [0.717, 1.165) is 47.5 Å². The number of ketones is 1. The molecule has 4 rings (SSSR count). The zero-order chi connectivity index (χ0) is 26.0. The van der Waals surface area contributed by atoms with Crippen LogP contribution < -0.4 is 4.90 Å². The molecule has 1 saturated heterocycles. The highest BCUT2D eigenvalue weighted by atomic mass is 79.9. The van der Waals surface area contributed by atoms with Crippen molar-refractivity contribution in [1.82, 2.24) is 4.57 Å². The topological polar surface area (TPSA) is 94.7 Å². The molecule has 0 aliphatic carbocycles. The lowest BCUT2D eigenvalue weighted by Gasteiger charge is -2.32. The van der Waals surface area contributed by atoms with Gasteiger partial charge in [-0.2, -0.15) is 0 Å². The molecule has 1 aliphatic rings. The number of nitrogens with zero attached hydrogens (tertiary/aromatic N) is 3. The normalized spacial score (nSPS) is 15.6. The molecule has 0 radical (unpaired) electrons. The van der Waals surface area contributed by atoms with Crippen molar-refractivity contribution in [3.8, 4) is 5.69 Å². The number of aromatic nitrogens is 1. The predicted molar refractivity (Wildman–Crippen MR) is 141 cm³/mol. The van der Waals surface area contributed by atoms with Crippen molar-refractivity contribution < 1.29 is 19.2 Å². The van der Waals surface area contributed by atoms with Gasteiger partial charge in [0.15, 0.2) is 6.61 Å². The Kier molecular flexibility index (Phi) is 7.59. The molecule has 3 aromatic rings. The highest BCUT2D eigenvalue weighted by Crippen LogP contribution is 2.32. The van der Waals surface area contributed by atoms with Crippen LogP contribution in [-0.4, -0.2) is 40.9 Å². The summed E-state index contributed by atoms with van der Waals surface area (Å²) < 4.78 is 8.18. The number of hydrogen-bond acceptors (Lipinski definition) is 6. The summed E-state index contributed by atoms with van der Waals surface area (Å²) in [6, 6.07) is 13.9. The highest BCUT2D eigenvalue weighted by molar-refractivity contribution is 9.10. The molecular weight excluding hydrogens is 526 g/mol. The average Bonchev–Trinajstić information content (AvgIpc) is 3.16. The molecule has 0 unspecified atom stereocenters. The quantitative estimate of drug-likeness (QED) is 0.153. The SMILES string of the molecule is Cc1cc(C(=O)COC(=O)c2ccc(N3CCC[C@@H](C)C3)c([N+](=O)[O-])c2)c(C)n1-c1ccc(Br)cc1. The summed E-state index contributed by atoms with van der Waals surface area (Å²) in [6.45, 7) is 6.88. The second-order valence-electron chi connectivity index (χ2n) is 9.25. The number of benzene rings is 2. The molecule has 0 saturated carbocycles. The summed E-state index contributed by atoms with van der Waals surface area (Å²) in [4.78, 5) is 38.9. The van der Waals surface area contributed by atoms with Crippen LogP contribution in [0.15, 0.2) is 53.0 Å². The third-order valence-corrected chi connectivity index (χ3v) is 7.08. The van der Waals surface area contributed by atoms with Gasteiger partial charge in [0.25, 0.3) is 5.69 Å². The minimum absolute atomic E-state index is 0.0450. The van der Waals surface area contributed by atoms with E-state index in [0.29, 0.717) is 17.2 Å². The van der Waals surface area contributed by atoms with Gasteiger partial charge < -0.3 is 14.2 Å². The third-order valence-electron chi connectivity index (χ3n) is 6.56.